The molecule has 1 aromatic carbocycles. The van der Waals surface area contributed by atoms with Crippen molar-refractivity contribution in [3.8, 4) is 11.5 Å². The second-order valence-electron chi connectivity index (χ2n) is 7.53. The van der Waals surface area contributed by atoms with Crippen LogP contribution in [0.25, 0.3) is 0 Å². The van der Waals surface area contributed by atoms with E-state index in [2.05, 4.69) is 9.88 Å². The molecule has 1 fully saturated rings. The predicted octanol–water partition coefficient (Wildman–Crippen LogP) is 2.53. The summed E-state index contributed by atoms with van der Waals surface area (Å²) in [5, 5.41) is -1.31. The standard InChI is InChI=1S/C21H27N3O4S/c22-20-19(28-18-6-4-11-23-21(18)29(20,25)26)16-7-9-17(10-8-16)27-15-5-14-24-12-2-1-3-13-24/h4,6-11,19-20H,1-3,5,12-15,22H2/t19-,20+/m0/s1. The van der Waals surface area contributed by atoms with Gasteiger partial charge in [0.05, 0.1) is 6.61 Å². The lowest BCUT2D eigenvalue weighted by Gasteiger charge is -2.30. The summed E-state index contributed by atoms with van der Waals surface area (Å²) in [7, 11) is -3.75. The second-order valence-corrected chi connectivity index (χ2v) is 9.55. The van der Waals surface area contributed by atoms with Gasteiger partial charge in [0.15, 0.2) is 22.3 Å². The number of fused-ring (bicyclic) bond motifs is 1. The van der Waals surface area contributed by atoms with E-state index in [4.69, 9.17) is 15.2 Å². The van der Waals surface area contributed by atoms with Crippen molar-refractivity contribution in [2.24, 2.45) is 5.73 Å². The summed E-state index contributed by atoms with van der Waals surface area (Å²) in [4.78, 5) is 6.41. The molecular weight excluding hydrogens is 390 g/mol. The van der Waals surface area contributed by atoms with Gasteiger partial charge in [-0.2, -0.15) is 0 Å². The normalized spacial score (nSPS) is 23.8. The first kappa shape index (κ1) is 20.1. The summed E-state index contributed by atoms with van der Waals surface area (Å²) in [6.45, 7) is 4.10. The number of nitrogens with zero attached hydrogens (tertiary/aromatic N) is 2. The van der Waals surface area contributed by atoms with Gasteiger partial charge in [-0.15, -0.1) is 0 Å². The molecule has 156 valence electrons. The Morgan fingerprint density at radius 3 is 2.66 bits per heavy atom. The molecule has 29 heavy (non-hydrogen) atoms. The topological polar surface area (TPSA) is 94.8 Å². The van der Waals surface area contributed by atoms with Crippen molar-refractivity contribution < 1.29 is 17.9 Å². The average Bonchev–Trinajstić information content (AvgIpc) is 2.75. The van der Waals surface area contributed by atoms with Gasteiger partial charge in [0, 0.05) is 12.7 Å². The molecule has 2 atom stereocenters. The Morgan fingerprint density at radius 1 is 1.14 bits per heavy atom. The van der Waals surface area contributed by atoms with Crippen molar-refractivity contribution in [3.63, 3.8) is 0 Å². The largest absolute Gasteiger partial charge is 0.494 e. The van der Waals surface area contributed by atoms with Gasteiger partial charge in [0.2, 0.25) is 9.84 Å². The van der Waals surface area contributed by atoms with Crippen molar-refractivity contribution >= 4 is 9.84 Å². The third-order valence-electron chi connectivity index (χ3n) is 5.46. The maximum atomic E-state index is 12.7. The van der Waals surface area contributed by atoms with E-state index in [1.807, 2.05) is 12.1 Å². The Hall–Kier alpha value is -2.16. The lowest BCUT2D eigenvalue weighted by Crippen LogP contribution is -2.43. The molecule has 0 aliphatic carbocycles. The van der Waals surface area contributed by atoms with Gasteiger partial charge >= 0.3 is 0 Å². The van der Waals surface area contributed by atoms with Crippen molar-refractivity contribution in [1.82, 2.24) is 9.88 Å². The smallest absolute Gasteiger partial charge is 0.219 e. The molecule has 4 rings (SSSR count). The summed E-state index contributed by atoms with van der Waals surface area (Å²) >= 11 is 0. The van der Waals surface area contributed by atoms with Crippen LogP contribution in [0, 0.1) is 0 Å². The number of benzene rings is 1. The summed E-state index contributed by atoms with van der Waals surface area (Å²) < 4.78 is 37.0. The molecule has 2 aromatic rings. The van der Waals surface area contributed by atoms with Crippen LogP contribution in [0.15, 0.2) is 47.6 Å². The minimum Gasteiger partial charge on any atom is -0.494 e. The first-order valence-electron chi connectivity index (χ1n) is 10.1. The van der Waals surface area contributed by atoms with Crippen LogP contribution in [-0.2, 0) is 9.84 Å². The number of sulfone groups is 1. The number of pyridine rings is 1. The minimum atomic E-state index is -3.75. The molecule has 2 N–H and O–H groups in total. The van der Waals surface area contributed by atoms with Crippen LogP contribution in [0.5, 0.6) is 11.5 Å². The lowest BCUT2D eigenvalue weighted by molar-refractivity contribution is 0.182. The van der Waals surface area contributed by atoms with Gasteiger partial charge in [0.25, 0.3) is 0 Å². The number of hydrogen-bond donors (Lipinski definition) is 1. The van der Waals surface area contributed by atoms with Crippen molar-refractivity contribution in [3.05, 3.63) is 48.2 Å². The Bertz CT molecular complexity index is 927. The highest BCUT2D eigenvalue weighted by Crippen LogP contribution is 2.38. The van der Waals surface area contributed by atoms with Crippen LogP contribution in [0.4, 0.5) is 0 Å². The molecular formula is C21H27N3O4S. The summed E-state index contributed by atoms with van der Waals surface area (Å²) in [6.07, 6.45) is 5.56. The first-order valence-corrected chi connectivity index (χ1v) is 11.7. The molecule has 2 aliphatic rings. The number of hydrogen-bond acceptors (Lipinski definition) is 7. The average molecular weight is 418 g/mol. The summed E-state index contributed by atoms with van der Waals surface area (Å²) in [5.41, 5.74) is 6.71. The third-order valence-corrected chi connectivity index (χ3v) is 7.27. The zero-order valence-electron chi connectivity index (χ0n) is 16.4. The second kappa shape index (κ2) is 8.69. The van der Waals surface area contributed by atoms with E-state index in [1.54, 1.807) is 24.3 Å². The quantitative estimate of drug-likeness (QED) is 0.722. The fourth-order valence-electron chi connectivity index (χ4n) is 3.85. The highest BCUT2D eigenvalue weighted by molar-refractivity contribution is 7.92. The number of ether oxygens (including phenoxy) is 2. The molecule has 0 amide bonds. The van der Waals surface area contributed by atoms with Gasteiger partial charge in [-0.05, 0) is 62.2 Å². The van der Waals surface area contributed by atoms with Gasteiger partial charge in [0.1, 0.15) is 5.75 Å². The molecule has 0 bridgehead atoms. The molecule has 7 nitrogen and oxygen atoms in total. The summed E-state index contributed by atoms with van der Waals surface area (Å²) in [6, 6.07) is 10.5. The molecule has 8 heteroatoms. The van der Waals surface area contributed by atoms with Crippen LogP contribution in [0.2, 0.25) is 0 Å². The zero-order valence-corrected chi connectivity index (χ0v) is 17.2. The Labute approximate surface area is 171 Å². The van der Waals surface area contributed by atoms with Gasteiger partial charge in [-0.3, -0.25) is 0 Å². The molecule has 1 aromatic heterocycles. The van der Waals surface area contributed by atoms with E-state index in [1.165, 1.54) is 38.5 Å². The fraction of sp³-hybridized carbons (Fsp3) is 0.476. The number of aromatic nitrogens is 1. The van der Waals surface area contributed by atoms with Gasteiger partial charge < -0.3 is 20.1 Å². The van der Waals surface area contributed by atoms with Crippen LogP contribution >= 0.6 is 0 Å². The number of rotatable bonds is 6. The Morgan fingerprint density at radius 2 is 1.90 bits per heavy atom. The highest BCUT2D eigenvalue weighted by Gasteiger charge is 2.42. The first-order chi connectivity index (χ1) is 14.1. The Kier molecular flexibility index (Phi) is 6.03. The Balaban J connectivity index is 1.36. The highest BCUT2D eigenvalue weighted by atomic mass is 32.2. The zero-order chi connectivity index (χ0) is 20.3. The molecule has 0 unspecified atom stereocenters. The molecule has 3 heterocycles. The monoisotopic (exact) mass is 417 g/mol. The van der Waals surface area contributed by atoms with Crippen molar-refractivity contribution in [1.29, 1.82) is 0 Å². The fourth-order valence-corrected chi connectivity index (χ4v) is 5.25. The molecule has 0 saturated carbocycles. The van der Waals surface area contributed by atoms with E-state index in [9.17, 15) is 8.42 Å². The third kappa shape index (κ3) is 4.39. The van der Waals surface area contributed by atoms with Crippen molar-refractivity contribution in [2.75, 3.05) is 26.2 Å². The molecule has 0 spiro atoms. The van der Waals surface area contributed by atoms with Crippen LogP contribution in [0.3, 0.4) is 0 Å². The SMILES string of the molecule is N[C@H]1[C@H](c2ccc(OCCCN3CCCCC3)cc2)Oc2cccnc2S1(=O)=O. The number of piperidine rings is 1. The van der Waals surface area contributed by atoms with Crippen LogP contribution < -0.4 is 15.2 Å². The summed E-state index contributed by atoms with van der Waals surface area (Å²) in [5.74, 6) is 0.985. The van der Waals surface area contributed by atoms with E-state index in [0.29, 0.717) is 12.2 Å². The van der Waals surface area contributed by atoms with E-state index in [0.717, 1.165) is 18.7 Å². The van der Waals surface area contributed by atoms with Crippen LogP contribution in [-0.4, -0.2) is 49.9 Å². The predicted molar refractivity (Wildman–Crippen MR) is 110 cm³/mol. The van der Waals surface area contributed by atoms with E-state index >= 15 is 0 Å². The molecule has 2 aliphatic heterocycles. The van der Waals surface area contributed by atoms with Crippen molar-refractivity contribution in [2.45, 2.75) is 42.2 Å². The van der Waals surface area contributed by atoms with Gasteiger partial charge in [-0.25, -0.2) is 13.4 Å². The van der Waals surface area contributed by atoms with Gasteiger partial charge in [-0.1, -0.05) is 18.6 Å². The molecule has 0 radical (unpaired) electrons. The maximum absolute atomic E-state index is 12.7. The maximum Gasteiger partial charge on any atom is 0.219 e. The van der Waals surface area contributed by atoms with E-state index in [-0.39, 0.29) is 10.8 Å². The minimum absolute atomic E-state index is 0.0996. The molecule has 1 saturated heterocycles. The lowest BCUT2D eigenvalue weighted by atomic mass is 10.1. The number of likely N-dealkylation sites (tertiary alicyclic amines) is 1. The van der Waals surface area contributed by atoms with Crippen LogP contribution in [0.1, 0.15) is 37.4 Å². The van der Waals surface area contributed by atoms with E-state index < -0.39 is 21.3 Å². The number of nitrogens with two attached hydrogens (primary N) is 1.